The molecule has 0 fully saturated rings. The lowest BCUT2D eigenvalue weighted by Crippen LogP contribution is -2.28. The molecule has 0 aliphatic heterocycles. The maximum absolute atomic E-state index is 8.93. The van der Waals surface area contributed by atoms with Gasteiger partial charge >= 0.3 is 0 Å². The first kappa shape index (κ1) is 9.18. The number of hydrogen-bond acceptors (Lipinski definition) is 5. The van der Waals surface area contributed by atoms with Crippen molar-refractivity contribution in [3.63, 3.8) is 0 Å². The summed E-state index contributed by atoms with van der Waals surface area (Å²) in [5.41, 5.74) is 0. The summed E-state index contributed by atoms with van der Waals surface area (Å²) in [6.45, 7) is 0.623. The zero-order valence-electron chi connectivity index (χ0n) is 6.60. The molecule has 0 amide bonds. The number of aromatic nitrogens is 1. The van der Waals surface area contributed by atoms with E-state index in [2.05, 4.69) is 10.3 Å². The summed E-state index contributed by atoms with van der Waals surface area (Å²) >= 11 is 0. The van der Waals surface area contributed by atoms with Crippen LogP contribution in [-0.2, 0) is 6.54 Å². The number of rotatable bonds is 5. The minimum absolute atomic E-state index is 0.233. The minimum atomic E-state index is -0.715. The number of aliphatic hydroxyl groups is 2. The summed E-state index contributed by atoms with van der Waals surface area (Å²) in [5.74, 6) is 0.708. The summed E-state index contributed by atoms with van der Waals surface area (Å²) < 4.78 is 4.93. The number of nitrogens with zero attached hydrogens (tertiary/aromatic N) is 1. The standard InChI is InChI=1S/C7H12N2O3/c10-4-6(11)1-8-2-7-3-9-5-12-7/h3,5-6,8,10-11H,1-2,4H2. The van der Waals surface area contributed by atoms with Crippen LogP contribution in [0.15, 0.2) is 17.0 Å². The summed E-state index contributed by atoms with van der Waals surface area (Å²) in [7, 11) is 0. The Morgan fingerprint density at radius 1 is 1.67 bits per heavy atom. The van der Waals surface area contributed by atoms with E-state index in [0.29, 0.717) is 18.8 Å². The van der Waals surface area contributed by atoms with E-state index in [-0.39, 0.29) is 6.61 Å². The number of oxazole rings is 1. The van der Waals surface area contributed by atoms with Gasteiger partial charge in [0.2, 0.25) is 0 Å². The lowest BCUT2D eigenvalue weighted by Gasteiger charge is -2.06. The van der Waals surface area contributed by atoms with Gasteiger partial charge in [-0.1, -0.05) is 0 Å². The number of hydrogen-bond donors (Lipinski definition) is 3. The zero-order valence-corrected chi connectivity index (χ0v) is 6.60. The molecule has 0 aliphatic rings. The molecular formula is C7H12N2O3. The predicted molar refractivity (Wildman–Crippen MR) is 41.3 cm³/mol. The molecule has 1 heterocycles. The lowest BCUT2D eigenvalue weighted by atomic mass is 10.3. The van der Waals surface area contributed by atoms with Crippen LogP contribution >= 0.6 is 0 Å². The third-order valence-corrected chi connectivity index (χ3v) is 1.37. The van der Waals surface area contributed by atoms with Gasteiger partial charge in [0.15, 0.2) is 6.39 Å². The Balaban J connectivity index is 2.11. The first-order valence-corrected chi connectivity index (χ1v) is 3.70. The van der Waals surface area contributed by atoms with Gasteiger partial charge in [-0.2, -0.15) is 0 Å². The Morgan fingerprint density at radius 2 is 2.50 bits per heavy atom. The molecule has 0 bridgehead atoms. The molecule has 0 saturated carbocycles. The van der Waals surface area contributed by atoms with Crippen LogP contribution in [0.1, 0.15) is 5.76 Å². The van der Waals surface area contributed by atoms with Crippen molar-refractivity contribution in [1.29, 1.82) is 0 Å². The van der Waals surface area contributed by atoms with Crippen molar-refractivity contribution in [2.45, 2.75) is 12.6 Å². The largest absolute Gasteiger partial charge is 0.447 e. The molecule has 0 saturated heterocycles. The SMILES string of the molecule is OCC(O)CNCc1cnco1. The highest BCUT2D eigenvalue weighted by molar-refractivity contribution is 4.87. The molecule has 0 aromatic carbocycles. The van der Waals surface area contributed by atoms with Crippen LogP contribution in [0.5, 0.6) is 0 Å². The molecule has 0 radical (unpaired) electrons. The Kier molecular flexibility index (Phi) is 3.72. The third kappa shape index (κ3) is 3.00. The first-order chi connectivity index (χ1) is 5.83. The average Bonchev–Trinajstić information content (AvgIpc) is 2.57. The molecule has 1 unspecified atom stereocenters. The fraction of sp³-hybridized carbons (Fsp3) is 0.571. The highest BCUT2D eigenvalue weighted by atomic mass is 16.3. The molecular weight excluding hydrogens is 160 g/mol. The van der Waals surface area contributed by atoms with Gasteiger partial charge in [0, 0.05) is 6.54 Å². The van der Waals surface area contributed by atoms with E-state index in [1.54, 1.807) is 6.20 Å². The second-order valence-electron chi connectivity index (χ2n) is 2.44. The molecule has 1 aromatic rings. The van der Waals surface area contributed by atoms with Gasteiger partial charge in [0.05, 0.1) is 25.5 Å². The summed E-state index contributed by atoms with van der Waals surface area (Å²) in [4.78, 5) is 3.72. The van der Waals surface area contributed by atoms with Crippen LogP contribution in [0.3, 0.4) is 0 Å². The van der Waals surface area contributed by atoms with Crippen molar-refractivity contribution >= 4 is 0 Å². The molecule has 12 heavy (non-hydrogen) atoms. The van der Waals surface area contributed by atoms with E-state index in [1.165, 1.54) is 6.39 Å². The number of aliphatic hydroxyl groups excluding tert-OH is 2. The third-order valence-electron chi connectivity index (χ3n) is 1.37. The summed E-state index contributed by atoms with van der Waals surface area (Å²) in [6.07, 6.45) is 2.23. The molecule has 5 heteroatoms. The Morgan fingerprint density at radius 3 is 3.08 bits per heavy atom. The smallest absolute Gasteiger partial charge is 0.180 e. The monoisotopic (exact) mass is 172 g/mol. The summed E-state index contributed by atoms with van der Waals surface area (Å²) in [5, 5.41) is 20.3. The minimum Gasteiger partial charge on any atom is -0.447 e. The molecule has 1 aromatic heterocycles. The molecule has 3 N–H and O–H groups in total. The molecule has 0 aliphatic carbocycles. The van der Waals surface area contributed by atoms with Crippen molar-refractivity contribution in [1.82, 2.24) is 10.3 Å². The van der Waals surface area contributed by atoms with Gasteiger partial charge in [-0.05, 0) is 0 Å². The van der Waals surface area contributed by atoms with Gasteiger partial charge in [0.1, 0.15) is 5.76 Å². The predicted octanol–water partition coefficient (Wildman–Crippen LogP) is -0.883. The maximum Gasteiger partial charge on any atom is 0.180 e. The fourth-order valence-electron chi connectivity index (χ4n) is 0.756. The highest BCUT2D eigenvalue weighted by Gasteiger charge is 2.01. The van der Waals surface area contributed by atoms with Crippen LogP contribution < -0.4 is 5.32 Å². The van der Waals surface area contributed by atoms with Crippen LogP contribution in [0.2, 0.25) is 0 Å². The topological polar surface area (TPSA) is 78.5 Å². The van der Waals surface area contributed by atoms with E-state index in [9.17, 15) is 0 Å². The van der Waals surface area contributed by atoms with Crippen molar-refractivity contribution in [2.75, 3.05) is 13.2 Å². The van der Waals surface area contributed by atoms with E-state index in [4.69, 9.17) is 14.6 Å². The van der Waals surface area contributed by atoms with Crippen molar-refractivity contribution in [3.8, 4) is 0 Å². The van der Waals surface area contributed by atoms with E-state index < -0.39 is 6.10 Å². The van der Waals surface area contributed by atoms with E-state index in [0.717, 1.165) is 0 Å². The Hall–Kier alpha value is -0.910. The molecule has 0 spiro atoms. The van der Waals surface area contributed by atoms with Gasteiger partial charge in [0.25, 0.3) is 0 Å². The molecule has 68 valence electrons. The zero-order chi connectivity index (χ0) is 8.81. The second kappa shape index (κ2) is 4.87. The average molecular weight is 172 g/mol. The molecule has 5 nitrogen and oxygen atoms in total. The fourth-order valence-corrected chi connectivity index (χ4v) is 0.756. The quantitative estimate of drug-likeness (QED) is 0.537. The Labute approximate surface area is 70.0 Å². The van der Waals surface area contributed by atoms with Crippen LogP contribution in [-0.4, -0.2) is 34.5 Å². The van der Waals surface area contributed by atoms with Crippen molar-refractivity contribution in [3.05, 3.63) is 18.4 Å². The van der Waals surface area contributed by atoms with Crippen molar-refractivity contribution in [2.24, 2.45) is 0 Å². The van der Waals surface area contributed by atoms with Gasteiger partial charge in [-0.25, -0.2) is 4.98 Å². The Bertz CT molecular complexity index is 200. The van der Waals surface area contributed by atoms with Crippen LogP contribution in [0.25, 0.3) is 0 Å². The van der Waals surface area contributed by atoms with E-state index in [1.807, 2.05) is 0 Å². The normalized spacial score (nSPS) is 13.2. The van der Waals surface area contributed by atoms with Gasteiger partial charge in [-0.3, -0.25) is 0 Å². The van der Waals surface area contributed by atoms with Crippen LogP contribution in [0.4, 0.5) is 0 Å². The van der Waals surface area contributed by atoms with Gasteiger partial charge < -0.3 is 19.9 Å². The highest BCUT2D eigenvalue weighted by Crippen LogP contribution is 1.94. The molecule has 1 atom stereocenters. The van der Waals surface area contributed by atoms with Crippen molar-refractivity contribution < 1.29 is 14.6 Å². The van der Waals surface area contributed by atoms with Crippen LogP contribution in [0, 0.1) is 0 Å². The number of nitrogens with one attached hydrogen (secondary N) is 1. The molecule has 1 rings (SSSR count). The van der Waals surface area contributed by atoms with E-state index >= 15 is 0 Å². The maximum atomic E-state index is 8.93. The lowest BCUT2D eigenvalue weighted by molar-refractivity contribution is 0.0938. The van der Waals surface area contributed by atoms with Gasteiger partial charge in [-0.15, -0.1) is 0 Å². The second-order valence-corrected chi connectivity index (χ2v) is 2.44. The summed E-state index contributed by atoms with van der Waals surface area (Å²) in [6, 6.07) is 0. The first-order valence-electron chi connectivity index (χ1n) is 3.70.